The van der Waals surface area contributed by atoms with Gasteiger partial charge in [-0.25, -0.2) is 8.42 Å². The van der Waals surface area contributed by atoms with Crippen LogP contribution in [0.1, 0.15) is 17.0 Å². The monoisotopic (exact) mass is 346 g/mol. The minimum Gasteiger partial charge on any atom is -0.384 e. The first-order valence-electron chi connectivity index (χ1n) is 7.98. The summed E-state index contributed by atoms with van der Waals surface area (Å²) >= 11 is 0. The van der Waals surface area contributed by atoms with Crippen LogP contribution in [-0.4, -0.2) is 44.5 Å². The second-order valence-electron chi connectivity index (χ2n) is 6.19. The highest BCUT2D eigenvalue weighted by Gasteiger charge is 2.40. The quantitative estimate of drug-likeness (QED) is 0.834. The number of aryl methyl sites for hydroxylation is 1. The Labute approximate surface area is 143 Å². The van der Waals surface area contributed by atoms with Crippen molar-refractivity contribution in [3.8, 4) is 0 Å². The highest BCUT2D eigenvalue weighted by Crippen LogP contribution is 2.36. The maximum Gasteiger partial charge on any atom is 0.243 e. The zero-order chi connectivity index (χ0) is 17.2. The van der Waals surface area contributed by atoms with Crippen molar-refractivity contribution >= 4 is 10.0 Å². The Morgan fingerprint density at radius 2 is 1.88 bits per heavy atom. The van der Waals surface area contributed by atoms with Crippen LogP contribution in [0.4, 0.5) is 0 Å². The van der Waals surface area contributed by atoms with Gasteiger partial charge >= 0.3 is 0 Å². The van der Waals surface area contributed by atoms with E-state index in [4.69, 9.17) is 4.74 Å². The molecule has 24 heavy (non-hydrogen) atoms. The minimum atomic E-state index is -3.50. The maximum absolute atomic E-state index is 13.1. The summed E-state index contributed by atoms with van der Waals surface area (Å²) in [5, 5.41) is 0. The summed E-state index contributed by atoms with van der Waals surface area (Å²) < 4.78 is 33.0. The first-order valence-corrected chi connectivity index (χ1v) is 9.42. The molecular formula is C18H22N2O3S. The van der Waals surface area contributed by atoms with Crippen molar-refractivity contribution in [1.29, 1.82) is 0 Å². The molecule has 2 heterocycles. The molecule has 0 bridgehead atoms. The third kappa shape index (κ3) is 3.22. The molecule has 0 saturated carbocycles. The Morgan fingerprint density at radius 3 is 2.54 bits per heavy atom. The van der Waals surface area contributed by atoms with E-state index in [2.05, 4.69) is 4.98 Å². The number of hydrogen-bond acceptors (Lipinski definition) is 4. The first kappa shape index (κ1) is 17.1. The van der Waals surface area contributed by atoms with Crippen molar-refractivity contribution < 1.29 is 13.2 Å². The van der Waals surface area contributed by atoms with Gasteiger partial charge in [-0.3, -0.25) is 4.98 Å². The molecule has 128 valence electrons. The number of methoxy groups -OCH3 is 1. The van der Waals surface area contributed by atoms with Crippen molar-refractivity contribution in [3.63, 3.8) is 0 Å². The average molecular weight is 346 g/mol. The molecule has 2 atom stereocenters. The van der Waals surface area contributed by atoms with Gasteiger partial charge in [0.25, 0.3) is 0 Å². The lowest BCUT2D eigenvalue weighted by Gasteiger charge is -2.18. The number of benzene rings is 1. The molecule has 1 fully saturated rings. The van der Waals surface area contributed by atoms with Gasteiger partial charge in [0, 0.05) is 44.4 Å². The lowest BCUT2D eigenvalue weighted by atomic mass is 9.90. The summed E-state index contributed by atoms with van der Waals surface area (Å²) in [4.78, 5) is 4.44. The van der Waals surface area contributed by atoms with Crippen molar-refractivity contribution in [2.75, 3.05) is 26.8 Å². The molecule has 1 aromatic carbocycles. The second kappa shape index (κ2) is 7.01. The van der Waals surface area contributed by atoms with Crippen molar-refractivity contribution in [2.45, 2.75) is 17.7 Å². The molecule has 0 N–H and O–H groups in total. The van der Waals surface area contributed by atoms with Crippen LogP contribution in [0.3, 0.4) is 0 Å². The van der Waals surface area contributed by atoms with Crippen LogP contribution in [-0.2, 0) is 14.8 Å². The van der Waals surface area contributed by atoms with Gasteiger partial charge in [0.05, 0.1) is 11.5 Å². The molecular weight excluding hydrogens is 324 g/mol. The van der Waals surface area contributed by atoms with Crippen molar-refractivity contribution in [1.82, 2.24) is 9.29 Å². The van der Waals surface area contributed by atoms with E-state index in [0.29, 0.717) is 24.6 Å². The summed E-state index contributed by atoms with van der Waals surface area (Å²) in [7, 11) is -1.84. The lowest BCUT2D eigenvalue weighted by molar-refractivity contribution is 0.151. The molecule has 0 amide bonds. The molecule has 1 aliphatic rings. The maximum atomic E-state index is 13.1. The van der Waals surface area contributed by atoms with E-state index in [1.165, 1.54) is 0 Å². The van der Waals surface area contributed by atoms with Gasteiger partial charge in [0.2, 0.25) is 10.0 Å². The fourth-order valence-corrected chi connectivity index (χ4v) is 5.13. The highest BCUT2D eigenvalue weighted by atomic mass is 32.2. The standard InChI is InChI=1S/C18H22N2O3S/c1-14-5-3-4-6-18(14)24(21,22)20-11-16(13-23-2)17(12-20)15-7-9-19-10-8-15/h3-10,16-17H,11-13H2,1-2H3/t16-,17-/m0/s1. The van der Waals surface area contributed by atoms with Gasteiger partial charge in [0.15, 0.2) is 0 Å². The van der Waals surface area contributed by atoms with E-state index in [-0.39, 0.29) is 11.8 Å². The molecule has 0 spiro atoms. The third-order valence-electron chi connectivity index (χ3n) is 4.63. The van der Waals surface area contributed by atoms with Gasteiger partial charge in [-0.05, 0) is 36.2 Å². The van der Waals surface area contributed by atoms with Gasteiger partial charge in [-0.15, -0.1) is 0 Å². The van der Waals surface area contributed by atoms with Gasteiger partial charge in [-0.1, -0.05) is 18.2 Å². The van der Waals surface area contributed by atoms with Crippen LogP contribution < -0.4 is 0 Å². The highest BCUT2D eigenvalue weighted by molar-refractivity contribution is 7.89. The molecule has 1 saturated heterocycles. The van der Waals surface area contributed by atoms with E-state index >= 15 is 0 Å². The van der Waals surface area contributed by atoms with Crippen LogP contribution in [0.5, 0.6) is 0 Å². The number of ether oxygens (including phenoxy) is 1. The van der Waals surface area contributed by atoms with Crippen molar-refractivity contribution in [3.05, 3.63) is 59.9 Å². The number of sulfonamides is 1. The molecule has 6 heteroatoms. The van der Waals surface area contributed by atoms with E-state index in [0.717, 1.165) is 11.1 Å². The fraction of sp³-hybridized carbons (Fsp3) is 0.389. The number of aromatic nitrogens is 1. The predicted molar refractivity (Wildman–Crippen MR) is 92.3 cm³/mol. The first-order chi connectivity index (χ1) is 11.5. The average Bonchev–Trinajstić information content (AvgIpc) is 3.01. The zero-order valence-corrected chi connectivity index (χ0v) is 14.7. The molecule has 3 rings (SSSR count). The second-order valence-corrected chi connectivity index (χ2v) is 8.10. The van der Waals surface area contributed by atoms with E-state index in [9.17, 15) is 8.42 Å². The summed E-state index contributed by atoms with van der Waals surface area (Å²) in [5.41, 5.74) is 1.88. The SMILES string of the molecule is COC[C@@H]1CN(S(=O)(=O)c2ccccc2C)C[C@H]1c1ccncc1. The molecule has 1 aliphatic heterocycles. The van der Waals surface area contributed by atoms with Gasteiger partial charge in [0.1, 0.15) is 0 Å². The number of pyridine rings is 1. The van der Waals surface area contributed by atoms with Crippen LogP contribution in [0.15, 0.2) is 53.7 Å². The minimum absolute atomic E-state index is 0.117. The van der Waals surface area contributed by atoms with Crippen LogP contribution in [0.25, 0.3) is 0 Å². The van der Waals surface area contributed by atoms with Gasteiger partial charge in [-0.2, -0.15) is 4.31 Å². The molecule has 0 radical (unpaired) electrons. The van der Waals surface area contributed by atoms with Crippen LogP contribution >= 0.6 is 0 Å². The molecule has 1 aromatic heterocycles. The summed E-state index contributed by atoms with van der Waals surface area (Å²) in [6.07, 6.45) is 3.50. The Balaban J connectivity index is 1.92. The number of hydrogen-bond donors (Lipinski definition) is 0. The molecule has 2 aromatic rings. The Morgan fingerprint density at radius 1 is 1.17 bits per heavy atom. The van der Waals surface area contributed by atoms with E-state index in [1.54, 1.807) is 35.9 Å². The number of rotatable bonds is 5. The topological polar surface area (TPSA) is 59.5 Å². The van der Waals surface area contributed by atoms with Gasteiger partial charge < -0.3 is 4.74 Å². The van der Waals surface area contributed by atoms with Crippen molar-refractivity contribution in [2.24, 2.45) is 5.92 Å². The Bertz CT molecular complexity index is 793. The summed E-state index contributed by atoms with van der Waals surface area (Å²) in [5.74, 6) is 0.253. The Kier molecular flexibility index (Phi) is 4.99. The molecule has 5 nitrogen and oxygen atoms in total. The Hall–Kier alpha value is -1.76. The normalized spacial score (nSPS) is 21.9. The largest absolute Gasteiger partial charge is 0.384 e. The summed E-state index contributed by atoms with van der Waals surface area (Å²) in [6, 6.07) is 11.0. The smallest absolute Gasteiger partial charge is 0.243 e. The van der Waals surface area contributed by atoms with Crippen LogP contribution in [0, 0.1) is 12.8 Å². The fourth-order valence-electron chi connectivity index (χ4n) is 3.38. The molecule has 0 unspecified atom stereocenters. The zero-order valence-electron chi connectivity index (χ0n) is 13.9. The van der Waals surface area contributed by atoms with Crippen LogP contribution in [0.2, 0.25) is 0 Å². The third-order valence-corrected chi connectivity index (χ3v) is 6.63. The van der Waals surface area contributed by atoms with E-state index < -0.39 is 10.0 Å². The molecule has 0 aliphatic carbocycles. The summed E-state index contributed by atoms with van der Waals surface area (Å²) in [6.45, 7) is 3.30. The lowest BCUT2D eigenvalue weighted by Crippen LogP contribution is -2.30. The predicted octanol–water partition coefficient (Wildman–Crippen LogP) is 2.44. The number of nitrogens with zero attached hydrogens (tertiary/aromatic N) is 2. The van der Waals surface area contributed by atoms with E-state index in [1.807, 2.05) is 31.2 Å².